The van der Waals surface area contributed by atoms with E-state index in [0.29, 0.717) is 28.3 Å². The van der Waals surface area contributed by atoms with E-state index in [9.17, 15) is 19.1 Å². The molecule has 0 bridgehead atoms. The third-order valence-corrected chi connectivity index (χ3v) is 6.30. The number of hydrogen-bond donors (Lipinski definition) is 1. The summed E-state index contributed by atoms with van der Waals surface area (Å²) in [6.07, 6.45) is 0. The molecule has 0 radical (unpaired) electrons. The monoisotopic (exact) mass is 489 g/mol. The number of amides is 1. The molecule has 186 valence electrons. The van der Waals surface area contributed by atoms with E-state index in [1.807, 2.05) is 26.8 Å². The lowest BCUT2D eigenvalue weighted by Crippen LogP contribution is -2.29. The Bertz CT molecular complexity index is 1340. The molecule has 36 heavy (non-hydrogen) atoms. The first kappa shape index (κ1) is 25.0. The predicted octanol–water partition coefficient (Wildman–Crippen LogP) is 5.77. The summed E-state index contributed by atoms with van der Waals surface area (Å²) in [5.74, 6) is -1.53. The van der Waals surface area contributed by atoms with E-state index >= 15 is 0 Å². The van der Waals surface area contributed by atoms with Crippen LogP contribution in [0.5, 0.6) is 11.5 Å². The first-order valence-electron chi connectivity index (χ1n) is 11.5. The summed E-state index contributed by atoms with van der Waals surface area (Å²) < 4.78 is 24.5. The molecule has 1 heterocycles. The SMILES string of the molecule is COc1ccc(N2C(=O)C(=O)/C(=C(/O)c3cc(C(C)(C)C)ccc3OC)C2c2ccc(F)cc2)cc1. The summed E-state index contributed by atoms with van der Waals surface area (Å²) in [5, 5.41) is 11.5. The van der Waals surface area contributed by atoms with E-state index in [1.54, 1.807) is 36.4 Å². The van der Waals surface area contributed by atoms with Gasteiger partial charge >= 0.3 is 0 Å². The number of carbonyl (C=O) groups excluding carboxylic acids is 2. The van der Waals surface area contributed by atoms with Crippen molar-refractivity contribution in [2.75, 3.05) is 19.1 Å². The molecule has 3 aromatic carbocycles. The zero-order chi connectivity index (χ0) is 26.2. The Morgan fingerprint density at radius 1 is 0.917 bits per heavy atom. The molecule has 0 aliphatic carbocycles. The number of ketones is 1. The highest BCUT2D eigenvalue weighted by atomic mass is 19.1. The second kappa shape index (κ2) is 9.49. The van der Waals surface area contributed by atoms with Crippen molar-refractivity contribution in [2.24, 2.45) is 0 Å². The Labute approximate surface area is 209 Å². The molecular formula is C29H28FNO5. The number of benzene rings is 3. The smallest absolute Gasteiger partial charge is 0.300 e. The van der Waals surface area contributed by atoms with Gasteiger partial charge in [-0.15, -0.1) is 0 Å². The van der Waals surface area contributed by atoms with Crippen LogP contribution in [0.4, 0.5) is 10.1 Å². The molecule has 6 nitrogen and oxygen atoms in total. The number of carbonyl (C=O) groups is 2. The Balaban J connectivity index is 1.97. The Hall–Kier alpha value is -4.13. The average Bonchev–Trinajstić information content (AvgIpc) is 3.13. The Kier molecular flexibility index (Phi) is 6.59. The summed E-state index contributed by atoms with van der Waals surface area (Å²) in [5.41, 5.74) is 1.76. The minimum Gasteiger partial charge on any atom is -0.507 e. The molecule has 7 heteroatoms. The number of nitrogens with zero attached hydrogens (tertiary/aromatic N) is 1. The quantitative estimate of drug-likeness (QED) is 0.280. The number of ether oxygens (including phenoxy) is 2. The number of Topliss-reactive ketones (excluding diaryl/α,β-unsaturated/α-hetero) is 1. The van der Waals surface area contributed by atoms with Gasteiger partial charge < -0.3 is 14.6 Å². The topological polar surface area (TPSA) is 76.1 Å². The molecule has 0 spiro atoms. The second-order valence-electron chi connectivity index (χ2n) is 9.58. The van der Waals surface area contributed by atoms with E-state index in [1.165, 1.54) is 43.4 Å². The van der Waals surface area contributed by atoms with Gasteiger partial charge in [0.15, 0.2) is 0 Å². The molecule has 3 aromatic rings. The van der Waals surface area contributed by atoms with Gasteiger partial charge in [-0.1, -0.05) is 39.0 Å². The van der Waals surface area contributed by atoms with E-state index in [-0.39, 0.29) is 16.7 Å². The number of anilines is 1. The van der Waals surface area contributed by atoms with Crippen LogP contribution in [0.25, 0.3) is 5.76 Å². The van der Waals surface area contributed by atoms with Crippen molar-refractivity contribution in [3.8, 4) is 11.5 Å². The van der Waals surface area contributed by atoms with Crippen molar-refractivity contribution in [1.82, 2.24) is 0 Å². The van der Waals surface area contributed by atoms with Gasteiger partial charge in [-0.3, -0.25) is 14.5 Å². The zero-order valence-corrected chi connectivity index (χ0v) is 20.8. The van der Waals surface area contributed by atoms with Gasteiger partial charge in [0, 0.05) is 5.69 Å². The lowest BCUT2D eigenvalue weighted by atomic mass is 9.85. The molecule has 1 amide bonds. The fraction of sp³-hybridized carbons (Fsp3) is 0.241. The zero-order valence-electron chi connectivity index (χ0n) is 20.8. The molecule has 1 N–H and O–H groups in total. The van der Waals surface area contributed by atoms with E-state index in [0.717, 1.165) is 5.56 Å². The molecule has 0 saturated carbocycles. The van der Waals surface area contributed by atoms with Crippen molar-refractivity contribution < 1.29 is 28.6 Å². The van der Waals surface area contributed by atoms with Gasteiger partial charge in [-0.05, 0) is 65.1 Å². The number of methoxy groups -OCH3 is 2. The molecule has 1 unspecified atom stereocenters. The van der Waals surface area contributed by atoms with Gasteiger partial charge in [-0.25, -0.2) is 4.39 Å². The summed E-state index contributed by atoms with van der Waals surface area (Å²) in [6.45, 7) is 6.08. The van der Waals surface area contributed by atoms with Crippen LogP contribution in [0.15, 0.2) is 72.3 Å². The van der Waals surface area contributed by atoms with E-state index in [4.69, 9.17) is 9.47 Å². The van der Waals surface area contributed by atoms with Gasteiger partial charge in [0.1, 0.15) is 23.1 Å². The molecule has 1 saturated heterocycles. The second-order valence-corrected chi connectivity index (χ2v) is 9.58. The number of aliphatic hydroxyl groups is 1. The molecular weight excluding hydrogens is 461 g/mol. The van der Waals surface area contributed by atoms with Crippen molar-refractivity contribution >= 4 is 23.1 Å². The average molecular weight is 490 g/mol. The summed E-state index contributed by atoms with van der Waals surface area (Å²) in [6, 6.07) is 16.6. The van der Waals surface area contributed by atoms with Gasteiger partial charge in [0.2, 0.25) is 0 Å². The minimum absolute atomic E-state index is 0.105. The Morgan fingerprint density at radius 2 is 1.56 bits per heavy atom. The predicted molar refractivity (Wildman–Crippen MR) is 136 cm³/mol. The van der Waals surface area contributed by atoms with Crippen LogP contribution in [-0.4, -0.2) is 31.0 Å². The maximum Gasteiger partial charge on any atom is 0.300 e. The lowest BCUT2D eigenvalue weighted by molar-refractivity contribution is -0.132. The maximum absolute atomic E-state index is 13.8. The molecule has 0 aromatic heterocycles. The number of hydrogen-bond acceptors (Lipinski definition) is 5. The van der Waals surface area contributed by atoms with Crippen molar-refractivity contribution in [3.05, 3.63) is 94.8 Å². The highest BCUT2D eigenvalue weighted by molar-refractivity contribution is 6.51. The summed E-state index contributed by atoms with van der Waals surface area (Å²) >= 11 is 0. The fourth-order valence-electron chi connectivity index (χ4n) is 4.31. The molecule has 1 atom stereocenters. The van der Waals surface area contributed by atoms with E-state index in [2.05, 4.69) is 0 Å². The van der Waals surface area contributed by atoms with E-state index < -0.39 is 23.5 Å². The first-order valence-corrected chi connectivity index (χ1v) is 11.5. The van der Waals surface area contributed by atoms with Crippen LogP contribution in [0.3, 0.4) is 0 Å². The van der Waals surface area contributed by atoms with Crippen molar-refractivity contribution in [2.45, 2.75) is 32.2 Å². The maximum atomic E-state index is 13.8. The third-order valence-electron chi connectivity index (χ3n) is 6.30. The normalized spacial score (nSPS) is 17.4. The summed E-state index contributed by atoms with van der Waals surface area (Å²) in [4.78, 5) is 28.0. The van der Waals surface area contributed by atoms with Crippen LogP contribution >= 0.6 is 0 Å². The third kappa shape index (κ3) is 4.44. The molecule has 1 aliphatic heterocycles. The number of aliphatic hydroxyl groups excluding tert-OH is 1. The number of halogens is 1. The standard InChI is InChI=1S/C29H28FNO5/c1-29(2,3)18-8-15-23(36-5)22(16-18)26(32)24-25(17-6-9-19(30)10-7-17)31(28(34)27(24)33)20-11-13-21(35-4)14-12-20/h6-16,25,32H,1-5H3/b26-24+. The van der Waals surface area contributed by atoms with Gasteiger partial charge in [0.05, 0.1) is 31.4 Å². The first-order chi connectivity index (χ1) is 17.1. The van der Waals surface area contributed by atoms with Crippen LogP contribution in [-0.2, 0) is 15.0 Å². The fourth-order valence-corrected chi connectivity index (χ4v) is 4.31. The number of rotatable bonds is 5. The highest BCUT2D eigenvalue weighted by Gasteiger charge is 2.47. The Morgan fingerprint density at radius 3 is 2.11 bits per heavy atom. The van der Waals surface area contributed by atoms with Crippen LogP contribution in [0.1, 0.15) is 43.5 Å². The van der Waals surface area contributed by atoms with Crippen LogP contribution in [0, 0.1) is 5.82 Å². The largest absolute Gasteiger partial charge is 0.507 e. The lowest BCUT2D eigenvalue weighted by Gasteiger charge is -2.26. The molecule has 4 rings (SSSR count). The van der Waals surface area contributed by atoms with Gasteiger partial charge in [0.25, 0.3) is 11.7 Å². The molecule has 1 fully saturated rings. The minimum atomic E-state index is -0.984. The molecule has 1 aliphatic rings. The van der Waals surface area contributed by atoms with Crippen LogP contribution < -0.4 is 14.4 Å². The van der Waals surface area contributed by atoms with Crippen molar-refractivity contribution in [3.63, 3.8) is 0 Å². The van der Waals surface area contributed by atoms with Crippen LogP contribution in [0.2, 0.25) is 0 Å². The highest BCUT2D eigenvalue weighted by Crippen LogP contribution is 2.44. The van der Waals surface area contributed by atoms with Crippen molar-refractivity contribution in [1.29, 1.82) is 0 Å². The summed E-state index contributed by atoms with van der Waals surface area (Å²) in [7, 11) is 3.00. The van der Waals surface area contributed by atoms with Gasteiger partial charge in [-0.2, -0.15) is 0 Å².